The molecular weight excluding hydrogens is 324 g/mol. The summed E-state index contributed by atoms with van der Waals surface area (Å²) in [5.74, 6) is 0.685. The predicted molar refractivity (Wildman–Crippen MR) is 88.9 cm³/mol. The monoisotopic (exact) mass is 340 g/mol. The molecule has 1 aromatic heterocycles. The van der Waals surface area contributed by atoms with E-state index in [4.69, 9.17) is 0 Å². The second kappa shape index (κ2) is 7.84. The van der Waals surface area contributed by atoms with Gasteiger partial charge in [-0.25, -0.2) is 13.1 Å². The Morgan fingerprint density at radius 3 is 2.62 bits per heavy atom. The Bertz CT molecular complexity index is 658. The third-order valence-corrected chi connectivity index (χ3v) is 6.43. The fraction of sp³-hybridized carbons (Fsp3) is 0.214. The SMILES string of the molecule is Cc1ccc(S(=O)(=O)NCCSSc2cccnc2)cc1. The van der Waals surface area contributed by atoms with Gasteiger partial charge in [0.15, 0.2) is 0 Å². The molecular formula is C14H16N2O2S3. The van der Waals surface area contributed by atoms with Crippen LogP contribution in [0.15, 0.2) is 58.6 Å². The van der Waals surface area contributed by atoms with E-state index in [-0.39, 0.29) is 0 Å². The zero-order valence-electron chi connectivity index (χ0n) is 11.5. The van der Waals surface area contributed by atoms with Gasteiger partial charge in [-0.15, -0.1) is 0 Å². The number of nitrogens with one attached hydrogen (secondary N) is 1. The lowest BCUT2D eigenvalue weighted by atomic mass is 10.2. The Morgan fingerprint density at radius 1 is 1.19 bits per heavy atom. The van der Waals surface area contributed by atoms with Crippen molar-refractivity contribution in [2.24, 2.45) is 0 Å². The van der Waals surface area contributed by atoms with Gasteiger partial charge >= 0.3 is 0 Å². The molecule has 0 amide bonds. The highest BCUT2D eigenvalue weighted by molar-refractivity contribution is 8.76. The average molecular weight is 340 g/mol. The molecule has 0 aliphatic rings. The van der Waals surface area contributed by atoms with Crippen molar-refractivity contribution in [3.8, 4) is 0 Å². The Hall–Kier alpha value is -1.02. The zero-order valence-corrected chi connectivity index (χ0v) is 14.0. The maximum absolute atomic E-state index is 12.0. The fourth-order valence-corrected chi connectivity index (χ4v) is 4.53. The molecule has 0 bridgehead atoms. The normalized spacial score (nSPS) is 11.5. The maximum Gasteiger partial charge on any atom is 0.240 e. The van der Waals surface area contributed by atoms with Crippen LogP contribution < -0.4 is 4.72 Å². The number of aryl methyl sites for hydroxylation is 1. The standard InChI is InChI=1S/C14H16N2O2S3/c1-12-4-6-14(7-5-12)21(17,18)16-9-10-19-20-13-3-2-8-15-11-13/h2-8,11,16H,9-10H2,1H3. The van der Waals surface area contributed by atoms with Crippen LogP contribution in [-0.2, 0) is 10.0 Å². The molecule has 21 heavy (non-hydrogen) atoms. The van der Waals surface area contributed by atoms with Crippen LogP contribution in [-0.4, -0.2) is 25.7 Å². The van der Waals surface area contributed by atoms with Gasteiger partial charge in [-0.1, -0.05) is 39.3 Å². The van der Waals surface area contributed by atoms with E-state index in [1.165, 1.54) is 0 Å². The number of rotatable bonds is 7. The van der Waals surface area contributed by atoms with E-state index in [2.05, 4.69) is 9.71 Å². The van der Waals surface area contributed by atoms with Gasteiger partial charge in [0, 0.05) is 29.6 Å². The van der Waals surface area contributed by atoms with E-state index in [1.807, 2.05) is 19.1 Å². The molecule has 2 aromatic rings. The van der Waals surface area contributed by atoms with E-state index in [9.17, 15) is 8.42 Å². The molecule has 1 N–H and O–H groups in total. The van der Waals surface area contributed by atoms with Gasteiger partial charge in [-0.2, -0.15) is 0 Å². The van der Waals surface area contributed by atoms with Gasteiger partial charge in [0.25, 0.3) is 0 Å². The molecule has 0 saturated carbocycles. The highest BCUT2D eigenvalue weighted by Gasteiger charge is 2.12. The summed E-state index contributed by atoms with van der Waals surface area (Å²) in [5.41, 5.74) is 1.04. The van der Waals surface area contributed by atoms with Gasteiger partial charge in [0.05, 0.1) is 4.90 Å². The molecule has 0 aliphatic heterocycles. The Morgan fingerprint density at radius 2 is 1.95 bits per heavy atom. The summed E-state index contributed by atoms with van der Waals surface area (Å²) in [4.78, 5) is 5.39. The molecule has 0 atom stereocenters. The van der Waals surface area contributed by atoms with Gasteiger partial charge in [0.2, 0.25) is 10.0 Å². The number of sulfonamides is 1. The largest absolute Gasteiger partial charge is 0.264 e. The summed E-state index contributed by atoms with van der Waals surface area (Å²) in [6.45, 7) is 2.32. The molecule has 2 rings (SSSR count). The molecule has 1 heterocycles. The Balaban J connectivity index is 1.76. The molecule has 7 heteroatoms. The summed E-state index contributed by atoms with van der Waals surface area (Å²) >= 11 is 0. The third-order valence-electron chi connectivity index (χ3n) is 2.60. The van der Waals surface area contributed by atoms with Crippen molar-refractivity contribution in [2.45, 2.75) is 16.7 Å². The molecule has 0 fully saturated rings. The summed E-state index contributed by atoms with van der Waals surface area (Å²) in [6.07, 6.45) is 3.51. The molecule has 0 saturated heterocycles. The zero-order chi connectivity index (χ0) is 15.1. The smallest absolute Gasteiger partial charge is 0.240 e. The lowest BCUT2D eigenvalue weighted by Crippen LogP contribution is -2.25. The average Bonchev–Trinajstić information content (AvgIpc) is 2.48. The van der Waals surface area contributed by atoms with Crippen molar-refractivity contribution in [1.82, 2.24) is 9.71 Å². The molecule has 0 aliphatic carbocycles. The van der Waals surface area contributed by atoms with E-state index in [0.29, 0.717) is 17.2 Å². The van der Waals surface area contributed by atoms with Crippen LogP contribution in [0.3, 0.4) is 0 Å². The van der Waals surface area contributed by atoms with E-state index in [0.717, 1.165) is 10.5 Å². The van der Waals surface area contributed by atoms with Gasteiger partial charge in [-0.3, -0.25) is 4.98 Å². The summed E-state index contributed by atoms with van der Waals surface area (Å²) in [7, 11) is -0.225. The van der Waals surface area contributed by atoms with Crippen LogP contribution in [0.2, 0.25) is 0 Å². The number of nitrogens with zero attached hydrogens (tertiary/aromatic N) is 1. The van der Waals surface area contributed by atoms with Crippen LogP contribution in [0.1, 0.15) is 5.56 Å². The van der Waals surface area contributed by atoms with E-state index >= 15 is 0 Å². The third kappa shape index (κ3) is 5.35. The summed E-state index contributed by atoms with van der Waals surface area (Å²) in [5, 5.41) is 0. The number of hydrogen-bond acceptors (Lipinski definition) is 5. The second-order valence-electron chi connectivity index (χ2n) is 4.30. The van der Waals surface area contributed by atoms with Crippen LogP contribution in [0, 0.1) is 6.92 Å². The minimum Gasteiger partial charge on any atom is -0.264 e. The van der Waals surface area contributed by atoms with Gasteiger partial charge in [-0.05, 0) is 31.2 Å². The lowest BCUT2D eigenvalue weighted by molar-refractivity contribution is 0.584. The first-order chi connectivity index (χ1) is 10.1. The highest BCUT2D eigenvalue weighted by Crippen LogP contribution is 2.29. The predicted octanol–water partition coefficient (Wildman–Crippen LogP) is 3.11. The maximum atomic E-state index is 12.0. The quantitative estimate of drug-likeness (QED) is 0.620. The van der Waals surface area contributed by atoms with Gasteiger partial charge < -0.3 is 0 Å². The number of pyridine rings is 1. The molecule has 0 unspecified atom stereocenters. The summed E-state index contributed by atoms with van der Waals surface area (Å²) < 4.78 is 26.7. The molecule has 0 radical (unpaired) electrons. The van der Waals surface area contributed by atoms with Gasteiger partial charge in [0.1, 0.15) is 0 Å². The molecule has 4 nitrogen and oxygen atoms in total. The Labute approximate surface area is 133 Å². The Kier molecular flexibility index (Phi) is 6.10. The van der Waals surface area contributed by atoms with Crippen molar-refractivity contribution in [1.29, 1.82) is 0 Å². The van der Waals surface area contributed by atoms with Crippen LogP contribution >= 0.6 is 21.6 Å². The molecule has 0 spiro atoms. The summed E-state index contributed by atoms with van der Waals surface area (Å²) in [6, 6.07) is 10.7. The first-order valence-electron chi connectivity index (χ1n) is 6.34. The molecule has 112 valence electrons. The second-order valence-corrected chi connectivity index (χ2v) is 8.56. The first-order valence-corrected chi connectivity index (χ1v) is 10.1. The van der Waals surface area contributed by atoms with Crippen LogP contribution in [0.25, 0.3) is 0 Å². The number of aromatic nitrogens is 1. The van der Waals surface area contributed by atoms with Crippen molar-refractivity contribution < 1.29 is 8.42 Å². The first kappa shape index (κ1) is 16.4. The molecule has 1 aromatic carbocycles. The lowest BCUT2D eigenvalue weighted by Gasteiger charge is -2.06. The van der Waals surface area contributed by atoms with Crippen molar-refractivity contribution in [3.63, 3.8) is 0 Å². The van der Waals surface area contributed by atoms with Crippen molar-refractivity contribution in [3.05, 3.63) is 54.4 Å². The van der Waals surface area contributed by atoms with Crippen LogP contribution in [0.4, 0.5) is 0 Å². The topological polar surface area (TPSA) is 59.1 Å². The van der Waals surface area contributed by atoms with E-state index in [1.54, 1.807) is 58.2 Å². The number of benzene rings is 1. The van der Waals surface area contributed by atoms with Crippen molar-refractivity contribution >= 4 is 31.6 Å². The van der Waals surface area contributed by atoms with Crippen LogP contribution in [0.5, 0.6) is 0 Å². The van der Waals surface area contributed by atoms with Crippen molar-refractivity contribution in [2.75, 3.05) is 12.3 Å². The minimum absolute atomic E-state index is 0.304. The number of hydrogen-bond donors (Lipinski definition) is 1. The van der Waals surface area contributed by atoms with E-state index < -0.39 is 10.0 Å². The minimum atomic E-state index is -3.41. The fourth-order valence-electron chi connectivity index (χ4n) is 1.52. The highest BCUT2D eigenvalue weighted by atomic mass is 33.1.